The van der Waals surface area contributed by atoms with E-state index < -0.39 is 0 Å². The molecule has 118 valence electrons. The highest BCUT2D eigenvalue weighted by Gasteiger charge is 2.12. The summed E-state index contributed by atoms with van der Waals surface area (Å²) >= 11 is 0. The molecule has 4 aromatic rings. The zero-order chi connectivity index (χ0) is 16.5. The molecule has 0 saturated carbocycles. The summed E-state index contributed by atoms with van der Waals surface area (Å²) in [5, 5.41) is 4.84. The zero-order valence-corrected chi connectivity index (χ0v) is 13.0. The van der Waals surface area contributed by atoms with Crippen molar-refractivity contribution in [2.75, 3.05) is 12.4 Å². The van der Waals surface area contributed by atoms with E-state index in [2.05, 4.69) is 15.3 Å². The molecule has 2 aromatic carbocycles. The molecule has 0 aliphatic heterocycles. The van der Waals surface area contributed by atoms with Gasteiger partial charge in [-0.05, 0) is 36.4 Å². The van der Waals surface area contributed by atoms with Crippen molar-refractivity contribution in [2.24, 2.45) is 0 Å². The molecular weight excluding hydrogens is 302 g/mol. The molecule has 0 aliphatic carbocycles. The lowest BCUT2D eigenvalue weighted by Crippen LogP contribution is -2.12. The molecule has 0 saturated heterocycles. The van der Waals surface area contributed by atoms with Crippen LogP contribution >= 0.6 is 0 Å². The van der Waals surface area contributed by atoms with Gasteiger partial charge in [0, 0.05) is 22.5 Å². The van der Waals surface area contributed by atoms with Gasteiger partial charge in [0.25, 0.3) is 5.91 Å². The van der Waals surface area contributed by atoms with E-state index in [1.807, 2.05) is 54.6 Å². The number of anilines is 1. The minimum atomic E-state index is -0.205. The van der Waals surface area contributed by atoms with Crippen LogP contribution in [-0.2, 0) is 0 Å². The van der Waals surface area contributed by atoms with E-state index in [1.54, 1.807) is 13.3 Å². The number of nitrogens with zero attached hydrogens (tertiary/aromatic N) is 1. The molecule has 0 bridgehead atoms. The van der Waals surface area contributed by atoms with Crippen molar-refractivity contribution in [3.8, 4) is 5.75 Å². The van der Waals surface area contributed by atoms with Gasteiger partial charge in [-0.15, -0.1) is 0 Å². The number of H-pyrrole nitrogens is 1. The minimum Gasteiger partial charge on any atom is -0.497 e. The van der Waals surface area contributed by atoms with Crippen LogP contribution in [0.5, 0.6) is 5.75 Å². The van der Waals surface area contributed by atoms with Crippen molar-refractivity contribution >= 4 is 33.4 Å². The van der Waals surface area contributed by atoms with Gasteiger partial charge in [-0.1, -0.05) is 18.2 Å². The van der Waals surface area contributed by atoms with E-state index in [1.165, 1.54) is 0 Å². The standard InChI is InChI=1S/C19H15N3O2/c1-24-14-7-8-15-13(10-14)11-17(21-15)19(23)22-16-6-2-4-12-5-3-9-20-18(12)16/h2-11,21H,1H3,(H,22,23). The molecule has 0 aliphatic rings. The number of nitrogens with one attached hydrogen (secondary N) is 2. The van der Waals surface area contributed by atoms with Gasteiger partial charge >= 0.3 is 0 Å². The molecular formula is C19H15N3O2. The molecule has 2 N–H and O–H groups in total. The van der Waals surface area contributed by atoms with E-state index in [0.717, 1.165) is 27.6 Å². The summed E-state index contributed by atoms with van der Waals surface area (Å²) in [6, 6.07) is 17.0. The maximum atomic E-state index is 12.6. The Bertz CT molecular complexity index is 1050. The van der Waals surface area contributed by atoms with Gasteiger partial charge in [0.15, 0.2) is 0 Å². The van der Waals surface area contributed by atoms with Gasteiger partial charge in [-0.25, -0.2) is 0 Å². The molecule has 0 atom stereocenters. The number of pyridine rings is 1. The van der Waals surface area contributed by atoms with Crippen molar-refractivity contribution in [1.82, 2.24) is 9.97 Å². The summed E-state index contributed by atoms with van der Waals surface area (Å²) < 4.78 is 5.21. The molecule has 5 nitrogen and oxygen atoms in total. The van der Waals surface area contributed by atoms with E-state index in [0.29, 0.717) is 11.4 Å². The number of aromatic amines is 1. The maximum Gasteiger partial charge on any atom is 0.272 e. The number of fused-ring (bicyclic) bond motifs is 2. The number of para-hydroxylation sites is 1. The molecule has 5 heteroatoms. The summed E-state index contributed by atoms with van der Waals surface area (Å²) in [4.78, 5) is 20.1. The number of carbonyl (C=O) groups is 1. The van der Waals surface area contributed by atoms with Crippen LogP contribution in [0.1, 0.15) is 10.5 Å². The molecule has 0 unspecified atom stereocenters. The Morgan fingerprint density at radius 1 is 1.08 bits per heavy atom. The number of benzene rings is 2. The molecule has 2 aromatic heterocycles. The average Bonchev–Trinajstić information content (AvgIpc) is 3.05. The van der Waals surface area contributed by atoms with E-state index in [9.17, 15) is 4.79 Å². The lowest BCUT2D eigenvalue weighted by atomic mass is 10.2. The van der Waals surface area contributed by atoms with Gasteiger partial charge in [-0.3, -0.25) is 9.78 Å². The van der Waals surface area contributed by atoms with E-state index >= 15 is 0 Å². The third-order valence-corrected chi connectivity index (χ3v) is 3.95. The Morgan fingerprint density at radius 3 is 2.83 bits per heavy atom. The minimum absolute atomic E-state index is 0.205. The van der Waals surface area contributed by atoms with E-state index in [4.69, 9.17) is 4.74 Å². The summed E-state index contributed by atoms with van der Waals surface area (Å²) in [5.41, 5.74) is 2.84. The average molecular weight is 317 g/mol. The fourth-order valence-corrected chi connectivity index (χ4v) is 2.75. The molecule has 0 fully saturated rings. The highest BCUT2D eigenvalue weighted by molar-refractivity contribution is 6.09. The number of methoxy groups -OCH3 is 1. The molecule has 0 radical (unpaired) electrons. The second kappa shape index (κ2) is 5.70. The second-order valence-corrected chi connectivity index (χ2v) is 5.47. The van der Waals surface area contributed by atoms with Gasteiger partial charge < -0.3 is 15.0 Å². The number of hydrogen-bond donors (Lipinski definition) is 2. The van der Waals surface area contributed by atoms with Crippen LogP contribution in [0, 0.1) is 0 Å². The quantitative estimate of drug-likeness (QED) is 0.600. The highest BCUT2D eigenvalue weighted by atomic mass is 16.5. The van der Waals surface area contributed by atoms with Crippen LogP contribution in [0.25, 0.3) is 21.8 Å². The first-order valence-corrected chi connectivity index (χ1v) is 7.56. The monoisotopic (exact) mass is 317 g/mol. The first-order chi connectivity index (χ1) is 11.7. The Kier molecular flexibility index (Phi) is 3.39. The van der Waals surface area contributed by atoms with Gasteiger partial charge in [0.05, 0.1) is 18.3 Å². The van der Waals surface area contributed by atoms with Crippen LogP contribution in [0.4, 0.5) is 5.69 Å². The van der Waals surface area contributed by atoms with Crippen molar-refractivity contribution in [3.05, 3.63) is 66.5 Å². The Morgan fingerprint density at radius 2 is 1.96 bits per heavy atom. The molecule has 1 amide bonds. The van der Waals surface area contributed by atoms with Gasteiger partial charge in [-0.2, -0.15) is 0 Å². The summed E-state index contributed by atoms with van der Waals surface area (Å²) in [5.74, 6) is 0.551. The predicted molar refractivity (Wildman–Crippen MR) is 94.5 cm³/mol. The van der Waals surface area contributed by atoms with Crippen molar-refractivity contribution in [3.63, 3.8) is 0 Å². The summed E-state index contributed by atoms with van der Waals surface area (Å²) in [6.07, 6.45) is 1.72. The highest BCUT2D eigenvalue weighted by Crippen LogP contribution is 2.24. The lowest BCUT2D eigenvalue weighted by molar-refractivity contribution is 0.102. The number of carbonyl (C=O) groups excluding carboxylic acids is 1. The molecule has 0 spiro atoms. The maximum absolute atomic E-state index is 12.6. The number of amides is 1. The Balaban J connectivity index is 1.68. The lowest BCUT2D eigenvalue weighted by Gasteiger charge is -2.06. The van der Waals surface area contributed by atoms with Gasteiger partial charge in [0.2, 0.25) is 0 Å². The summed E-state index contributed by atoms with van der Waals surface area (Å²) in [7, 11) is 1.62. The first-order valence-electron chi connectivity index (χ1n) is 7.56. The fraction of sp³-hybridized carbons (Fsp3) is 0.0526. The normalized spacial score (nSPS) is 10.9. The zero-order valence-electron chi connectivity index (χ0n) is 13.0. The SMILES string of the molecule is COc1ccc2[nH]c(C(=O)Nc3cccc4cccnc34)cc2c1. The van der Waals surface area contributed by atoms with Crippen LogP contribution < -0.4 is 10.1 Å². The fourth-order valence-electron chi connectivity index (χ4n) is 2.75. The summed E-state index contributed by atoms with van der Waals surface area (Å²) in [6.45, 7) is 0. The van der Waals surface area contributed by atoms with Crippen LogP contribution in [0.15, 0.2) is 60.8 Å². The number of hydrogen-bond acceptors (Lipinski definition) is 3. The predicted octanol–water partition coefficient (Wildman–Crippen LogP) is 3.98. The third-order valence-electron chi connectivity index (χ3n) is 3.95. The van der Waals surface area contributed by atoms with Crippen LogP contribution in [0.2, 0.25) is 0 Å². The van der Waals surface area contributed by atoms with Crippen LogP contribution in [-0.4, -0.2) is 23.0 Å². The molecule has 4 rings (SSSR count). The van der Waals surface area contributed by atoms with Crippen molar-refractivity contribution < 1.29 is 9.53 Å². The van der Waals surface area contributed by atoms with Crippen LogP contribution in [0.3, 0.4) is 0 Å². The van der Waals surface area contributed by atoms with Crippen molar-refractivity contribution in [2.45, 2.75) is 0 Å². The number of ether oxygens (including phenoxy) is 1. The largest absolute Gasteiger partial charge is 0.497 e. The smallest absolute Gasteiger partial charge is 0.272 e. The Labute approximate surface area is 138 Å². The second-order valence-electron chi connectivity index (χ2n) is 5.47. The number of rotatable bonds is 3. The Hall–Kier alpha value is -3.34. The van der Waals surface area contributed by atoms with Crippen molar-refractivity contribution in [1.29, 1.82) is 0 Å². The number of aromatic nitrogens is 2. The molecule has 24 heavy (non-hydrogen) atoms. The third kappa shape index (κ3) is 2.46. The van der Waals surface area contributed by atoms with Gasteiger partial charge in [0.1, 0.15) is 11.4 Å². The molecule has 2 heterocycles. The van der Waals surface area contributed by atoms with E-state index in [-0.39, 0.29) is 5.91 Å². The first kappa shape index (κ1) is 14.3. The topological polar surface area (TPSA) is 67.0 Å².